The summed E-state index contributed by atoms with van der Waals surface area (Å²) in [6.07, 6.45) is -2.22. The highest BCUT2D eigenvalue weighted by atomic mass is 19.4. The van der Waals surface area contributed by atoms with Crippen LogP contribution in [0.4, 0.5) is 13.2 Å². The van der Waals surface area contributed by atoms with Gasteiger partial charge in [-0.1, -0.05) is 27.7 Å². The van der Waals surface area contributed by atoms with Gasteiger partial charge in [0.1, 0.15) is 18.4 Å². The van der Waals surface area contributed by atoms with Crippen LogP contribution in [-0.4, -0.2) is 54.6 Å². The number of benzene rings is 1. The monoisotopic (exact) mass is 554 g/mol. The lowest BCUT2D eigenvalue weighted by Crippen LogP contribution is -2.57. The zero-order valence-electron chi connectivity index (χ0n) is 22.6. The molecule has 1 aromatic rings. The Kier molecular flexibility index (Phi) is 11.5. The fraction of sp³-hybridized carbons (Fsp3) is 0.593. The van der Waals surface area contributed by atoms with Gasteiger partial charge in [0.2, 0.25) is 17.7 Å². The molecule has 12 heteroatoms. The lowest BCUT2D eigenvalue weighted by atomic mass is 9.91. The van der Waals surface area contributed by atoms with E-state index >= 15 is 0 Å². The molecule has 0 saturated carbocycles. The number of carbonyl (C=O) groups is 5. The molecule has 4 N–H and O–H groups in total. The highest BCUT2D eigenvalue weighted by Crippen LogP contribution is 2.29. The first kappa shape index (κ1) is 31.8. The van der Waals surface area contributed by atoms with Crippen molar-refractivity contribution in [2.75, 3.05) is 6.54 Å². The van der Waals surface area contributed by atoms with Crippen LogP contribution < -0.4 is 21.3 Å². The second-order valence-corrected chi connectivity index (χ2v) is 10.6. The quantitative estimate of drug-likeness (QED) is 0.295. The maximum absolute atomic E-state index is 13.2. The average molecular weight is 555 g/mol. The maximum Gasteiger partial charge on any atom is 0.416 e. The van der Waals surface area contributed by atoms with Crippen LogP contribution >= 0.6 is 0 Å². The van der Waals surface area contributed by atoms with Gasteiger partial charge in [-0.05, 0) is 61.8 Å². The van der Waals surface area contributed by atoms with Crippen molar-refractivity contribution in [3.05, 3.63) is 35.4 Å². The van der Waals surface area contributed by atoms with E-state index in [0.717, 1.165) is 30.7 Å². The number of piperidine rings is 1. The number of hydrogen-bond acceptors (Lipinski definition) is 5. The van der Waals surface area contributed by atoms with Gasteiger partial charge in [-0.25, -0.2) is 0 Å². The van der Waals surface area contributed by atoms with Gasteiger partial charge in [-0.2, -0.15) is 13.2 Å². The van der Waals surface area contributed by atoms with Crippen LogP contribution in [0.25, 0.3) is 0 Å². The van der Waals surface area contributed by atoms with Crippen LogP contribution in [0.2, 0.25) is 0 Å². The van der Waals surface area contributed by atoms with Crippen LogP contribution in [0.3, 0.4) is 0 Å². The minimum absolute atomic E-state index is 0.0147. The Balaban J connectivity index is 2.10. The summed E-state index contributed by atoms with van der Waals surface area (Å²) in [5.41, 5.74) is -0.962. The van der Waals surface area contributed by atoms with E-state index in [1.54, 1.807) is 13.8 Å². The Labute approximate surface area is 226 Å². The predicted molar refractivity (Wildman–Crippen MR) is 137 cm³/mol. The molecule has 4 amide bonds. The van der Waals surface area contributed by atoms with Crippen LogP contribution in [0.5, 0.6) is 0 Å². The first-order valence-electron chi connectivity index (χ1n) is 13.0. The van der Waals surface area contributed by atoms with E-state index in [-0.39, 0.29) is 30.2 Å². The zero-order valence-corrected chi connectivity index (χ0v) is 22.6. The van der Waals surface area contributed by atoms with Gasteiger partial charge >= 0.3 is 6.18 Å². The van der Waals surface area contributed by atoms with Gasteiger partial charge in [0, 0.05) is 18.0 Å². The van der Waals surface area contributed by atoms with Gasteiger partial charge in [0.05, 0.1) is 11.6 Å². The van der Waals surface area contributed by atoms with Crippen molar-refractivity contribution in [3.63, 3.8) is 0 Å². The number of carbonyl (C=O) groups excluding carboxylic acids is 5. The summed E-state index contributed by atoms with van der Waals surface area (Å²) in [4.78, 5) is 62.7. The second-order valence-electron chi connectivity index (χ2n) is 10.6. The molecule has 1 saturated heterocycles. The highest BCUT2D eigenvalue weighted by molar-refractivity contribution is 5.98. The number of hydrogen-bond donors (Lipinski definition) is 4. The average Bonchev–Trinajstić information content (AvgIpc) is 2.86. The van der Waals surface area contributed by atoms with Gasteiger partial charge < -0.3 is 26.1 Å². The Hall–Kier alpha value is -3.44. The Morgan fingerprint density at radius 2 is 1.67 bits per heavy atom. The third kappa shape index (κ3) is 9.67. The molecular formula is C27H37F3N4O5. The first-order valence-corrected chi connectivity index (χ1v) is 13.0. The van der Waals surface area contributed by atoms with Crippen molar-refractivity contribution in [3.8, 4) is 0 Å². The minimum atomic E-state index is -4.55. The molecule has 0 aromatic heterocycles. The van der Waals surface area contributed by atoms with E-state index in [0.29, 0.717) is 19.3 Å². The number of amides is 4. The molecule has 1 fully saturated rings. The maximum atomic E-state index is 13.2. The molecule has 0 unspecified atom stereocenters. The molecule has 0 aliphatic carbocycles. The molecule has 1 aromatic carbocycles. The molecule has 9 nitrogen and oxygen atoms in total. The molecule has 0 radical (unpaired) electrons. The van der Waals surface area contributed by atoms with Gasteiger partial charge in [-0.3, -0.25) is 19.2 Å². The van der Waals surface area contributed by atoms with E-state index in [1.165, 1.54) is 0 Å². The van der Waals surface area contributed by atoms with E-state index < -0.39 is 59.4 Å². The summed E-state index contributed by atoms with van der Waals surface area (Å²) in [5, 5.41) is 10.5. The third-order valence-corrected chi connectivity index (χ3v) is 6.48. The van der Waals surface area contributed by atoms with Gasteiger partial charge in [0.15, 0.2) is 0 Å². The summed E-state index contributed by atoms with van der Waals surface area (Å²) in [6, 6.07) is 0.576. The Bertz CT molecular complexity index is 1030. The van der Waals surface area contributed by atoms with Crippen molar-refractivity contribution in [2.45, 2.75) is 77.7 Å². The van der Waals surface area contributed by atoms with Crippen LogP contribution in [0.1, 0.15) is 69.3 Å². The van der Waals surface area contributed by atoms with E-state index in [4.69, 9.17) is 0 Å². The molecule has 1 aliphatic heterocycles. The second kappa shape index (κ2) is 14.1. The Morgan fingerprint density at radius 1 is 1.03 bits per heavy atom. The molecular weight excluding hydrogens is 517 g/mol. The van der Waals surface area contributed by atoms with Gasteiger partial charge in [-0.15, -0.1) is 0 Å². The van der Waals surface area contributed by atoms with E-state index in [2.05, 4.69) is 21.3 Å². The van der Waals surface area contributed by atoms with Crippen molar-refractivity contribution in [1.29, 1.82) is 0 Å². The Morgan fingerprint density at radius 3 is 2.18 bits per heavy atom. The number of aldehydes is 1. The standard InChI is InChI=1S/C27H37F3N4O5/c1-15(2)12-21(25(38)32-20(14-35)13-18-6-5-11-31-23(18)36)33-26(39)22(16(3)4)34-24(37)17-7-9-19(10-8-17)27(28,29)30/h7-10,14-16,18,20-22H,5-6,11-13H2,1-4H3,(H,31,36)(H,32,38)(H,33,39)(H,34,37)/t18-,20-,21-,22-/m0/s1. The number of rotatable bonds is 12. The van der Waals surface area contributed by atoms with Crippen molar-refractivity contribution < 1.29 is 37.1 Å². The normalized spacial score (nSPS) is 18.1. The van der Waals surface area contributed by atoms with Crippen LogP contribution in [-0.2, 0) is 25.4 Å². The summed E-state index contributed by atoms with van der Waals surface area (Å²) >= 11 is 0. The first-order chi connectivity index (χ1) is 18.2. The highest BCUT2D eigenvalue weighted by Gasteiger charge is 2.33. The summed E-state index contributed by atoms with van der Waals surface area (Å²) in [6.45, 7) is 7.62. The van der Waals surface area contributed by atoms with Crippen molar-refractivity contribution >= 4 is 29.9 Å². The largest absolute Gasteiger partial charge is 0.416 e. The minimum Gasteiger partial charge on any atom is -0.356 e. The van der Waals surface area contributed by atoms with E-state index in [9.17, 15) is 37.1 Å². The summed E-state index contributed by atoms with van der Waals surface area (Å²) in [5.74, 6) is -3.00. The molecule has 216 valence electrons. The molecule has 39 heavy (non-hydrogen) atoms. The fourth-order valence-electron chi connectivity index (χ4n) is 4.33. The summed E-state index contributed by atoms with van der Waals surface area (Å²) in [7, 11) is 0. The van der Waals surface area contributed by atoms with Crippen molar-refractivity contribution in [2.24, 2.45) is 17.8 Å². The van der Waals surface area contributed by atoms with Gasteiger partial charge in [0.25, 0.3) is 5.91 Å². The number of nitrogens with one attached hydrogen (secondary N) is 4. The van der Waals surface area contributed by atoms with Crippen molar-refractivity contribution in [1.82, 2.24) is 21.3 Å². The molecule has 4 atom stereocenters. The molecule has 1 heterocycles. The lowest BCUT2D eigenvalue weighted by Gasteiger charge is -2.28. The van der Waals surface area contributed by atoms with Crippen LogP contribution in [0.15, 0.2) is 24.3 Å². The number of alkyl halides is 3. The lowest BCUT2D eigenvalue weighted by molar-refractivity contribution is -0.137. The summed E-state index contributed by atoms with van der Waals surface area (Å²) < 4.78 is 38.5. The van der Waals surface area contributed by atoms with Crippen LogP contribution in [0, 0.1) is 17.8 Å². The zero-order chi connectivity index (χ0) is 29.3. The smallest absolute Gasteiger partial charge is 0.356 e. The molecule has 0 spiro atoms. The third-order valence-electron chi connectivity index (χ3n) is 6.48. The molecule has 1 aliphatic rings. The molecule has 2 rings (SSSR count). The fourth-order valence-corrected chi connectivity index (χ4v) is 4.33. The SMILES string of the molecule is CC(C)C[C@H](NC(=O)[C@@H](NC(=O)c1ccc(C(F)(F)F)cc1)C(C)C)C(=O)N[C@H](C=O)C[C@@H]1CCCNC1=O. The number of halogens is 3. The van der Waals surface area contributed by atoms with E-state index in [1.807, 2.05) is 13.8 Å². The predicted octanol–water partition coefficient (Wildman–Crippen LogP) is 2.59. The molecule has 0 bridgehead atoms. The topological polar surface area (TPSA) is 133 Å².